The molecule has 27 heteroatoms. The summed E-state index contributed by atoms with van der Waals surface area (Å²) in [5.41, 5.74) is -5.11. The molecule has 0 unspecified atom stereocenters. The zero-order chi connectivity index (χ0) is 53.4. The molecule has 0 saturated heterocycles. The standard InChI is InChI=1S/C31H2F20O5.C14H15NO/c32-6-5(7(33)9(35)10(36)8(6)34)4-2(31(52)53)1-3(54-28-20(46)14(40)11(37)15(41)21(28)47)26(55-29-22(48)16(42)12(38)17(43)23(29)49)27(4)56-30-24(50)18(44)13(39)19(45)25(30)51;1-16-14-9-7-12(8-10-14)11-15-13-5-3-2-4-6-13/h1H,(H,52,53);2-10,15H,11H2,1H3. The summed E-state index contributed by atoms with van der Waals surface area (Å²) in [5, 5.41) is 13.2. The summed E-state index contributed by atoms with van der Waals surface area (Å²) in [4.78, 5) is 12.4. The Balaban J connectivity index is 0.000000446. The minimum Gasteiger partial charge on any atom is -0.497 e. The van der Waals surface area contributed by atoms with Gasteiger partial charge >= 0.3 is 5.97 Å². The van der Waals surface area contributed by atoms with Crippen LogP contribution in [0.1, 0.15) is 15.9 Å². The normalized spacial score (nSPS) is 11.0. The summed E-state index contributed by atoms with van der Waals surface area (Å²) in [5.74, 6) is -79.6. The quantitative estimate of drug-likeness (QED) is 0.0716. The lowest BCUT2D eigenvalue weighted by atomic mass is 9.95. The number of hydrogen-bond acceptors (Lipinski definition) is 6. The van der Waals surface area contributed by atoms with E-state index in [1.807, 2.05) is 30.3 Å². The van der Waals surface area contributed by atoms with E-state index < -0.39 is 180 Å². The lowest BCUT2D eigenvalue weighted by molar-refractivity contribution is 0.0696. The highest BCUT2D eigenvalue weighted by Gasteiger charge is 2.39. The van der Waals surface area contributed by atoms with Crippen LogP contribution in [0.15, 0.2) is 60.7 Å². The fourth-order valence-corrected chi connectivity index (χ4v) is 5.97. The summed E-state index contributed by atoms with van der Waals surface area (Å²) in [6.07, 6.45) is 0. The summed E-state index contributed by atoms with van der Waals surface area (Å²) < 4.78 is 307. The molecule has 72 heavy (non-hydrogen) atoms. The molecule has 378 valence electrons. The van der Waals surface area contributed by atoms with Crippen LogP contribution in [-0.2, 0) is 6.54 Å². The number of halogens is 20. The number of carbonyl (C=O) groups is 1. The minimum atomic E-state index is -3.14. The number of aromatic carboxylic acids is 1. The maximum Gasteiger partial charge on any atom is 0.336 e. The molecule has 7 rings (SSSR count). The van der Waals surface area contributed by atoms with Crippen molar-refractivity contribution in [2.45, 2.75) is 6.54 Å². The fraction of sp³-hybridized carbons (Fsp3) is 0.0444. The number of carboxylic acids is 1. The molecule has 7 aromatic rings. The number of hydrogen-bond donors (Lipinski definition) is 2. The van der Waals surface area contributed by atoms with Crippen molar-refractivity contribution in [3.8, 4) is 51.4 Å². The number of rotatable bonds is 12. The Kier molecular flexibility index (Phi) is 15.4. The van der Waals surface area contributed by atoms with Crippen molar-refractivity contribution >= 4 is 11.7 Å². The summed E-state index contributed by atoms with van der Waals surface area (Å²) in [6.45, 7) is 0.827. The van der Waals surface area contributed by atoms with Gasteiger partial charge in [-0.15, -0.1) is 0 Å². The predicted molar refractivity (Wildman–Crippen MR) is 204 cm³/mol. The molecule has 0 fully saturated rings. The maximum atomic E-state index is 15.3. The molecule has 0 saturated carbocycles. The molecular formula is C45H17F20NO6. The smallest absolute Gasteiger partial charge is 0.336 e. The van der Waals surface area contributed by atoms with E-state index >= 15 is 8.78 Å². The Morgan fingerprint density at radius 3 is 1.14 bits per heavy atom. The van der Waals surface area contributed by atoms with Crippen LogP contribution >= 0.6 is 0 Å². The van der Waals surface area contributed by atoms with Crippen LogP contribution in [-0.4, -0.2) is 18.2 Å². The van der Waals surface area contributed by atoms with Gasteiger partial charge in [-0.2, -0.15) is 26.3 Å². The van der Waals surface area contributed by atoms with Crippen molar-refractivity contribution in [1.29, 1.82) is 0 Å². The van der Waals surface area contributed by atoms with E-state index in [0.717, 1.165) is 18.0 Å². The molecule has 0 atom stereocenters. The summed E-state index contributed by atoms with van der Waals surface area (Å²) >= 11 is 0. The van der Waals surface area contributed by atoms with Crippen molar-refractivity contribution < 1.29 is 117 Å². The molecule has 0 aliphatic heterocycles. The SMILES string of the molecule is COc1ccc(CNc2ccccc2)cc1.O=C(O)c1cc(Oc2c(F)c(F)c(F)c(F)c2F)c(Oc2c(F)c(F)c(F)c(F)c2F)c(Oc2c(F)c(F)c(F)c(F)c2F)c1-c1c(F)c(F)c(F)c(F)c1F. The maximum absolute atomic E-state index is 15.3. The molecule has 0 amide bonds. The molecule has 0 aliphatic carbocycles. The first-order valence-corrected chi connectivity index (χ1v) is 18.8. The first kappa shape index (κ1) is 53.0. The number of anilines is 1. The zero-order valence-electron chi connectivity index (χ0n) is 34.5. The second-order valence-corrected chi connectivity index (χ2v) is 13.8. The molecule has 7 nitrogen and oxygen atoms in total. The Labute approximate surface area is 386 Å². The lowest BCUT2D eigenvalue weighted by Gasteiger charge is -2.23. The van der Waals surface area contributed by atoms with Crippen LogP contribution in [0.2, 0.25) is 0 Å². The van der Waals surface area contributed by atoms with E-state index in [4.69, 9.17) is 4.74 Å². The van der Waals surface area contributed by atoms with Gasteiger partial charge in [-0.05, 0) is 29.8 Å². The number of nitrogens with one attached hydrogen (secondary N) is 1. The van der Waals surface area contributed by atoms with Gasteiger partial charge in [0.05, 0.1) is 18.2 Å². The third-order valence-electron chi connectivity index (χ3n) is 9.45. The van der Waals surface area contributed by atoms with Crippen LogP contribution in [0.25, 0.3) is 11.1 Å². The van der Waals surface area contributed by atoms with Crippen molar-refractivity contribution in [2.75, 3.05) is 12.4 Å². The average Bonchev–Trinajstić information content (AvgIpc) is 3.38. The van der Waals surface area contributed by atoms with Crippen molar-refractivity contribution in [2.24, 2.45) is 0 Å². The fourth-order valence-electron chi connectivity index (χ4n) is 5.97. The van der Waals surface area contributed by atoms with Gasteiger partial charge in [-0.3, -0.25) is 0 Å². The van der Waals surface area contributed by atoms with Crippen LogP contribution in [0, 0.1) is 116 Å². The van der Waals surface area contributed by atoms with Crippen molar-refractivity contribution in [3.05, 3.63) is 188 Å². The summed E-state index contributed by atoms with van der Waals surface area (Å²) in [6, 6.07) is 17.7. The van der Waals surface area contributed by atoms with E-state index in [-0.39, 0.29) is 0 Å². The largest absolute Gasteiger partial charge is 0.497 e. The van der Waals surface area contributed by atoms with Gasteiger partial charge in [0.1, 0.15) is 5.75 Å². The van der Waals surface area contributed by atoms with Gasteiger partial charge in [-0.25, -0.2) is 66.3 Å². The third-order valence-corrected chi connectivity index (χ3v) is 9.45. The number of para-hydroxylation sites is 1. The highest BCUT2D eigenvalue weighted by molar-refractivity contribution is 6.00. The van der Waals surface area contributed by atoms with Crippen molar-refractivity contribution in [3.63, 3.8) is 0 Å². The molecule has 7 aromatic carbocycles. The molecule has 2 N–H and O–H groups in total. The van der Waals surface area contributed by atoms with Gasteiger partial charge in [0.15, 0.2) is 34.8 Å². The Hall–Kier alpha value is -8.39. The molecule has 0 heterocycles. The van der Waals surface area contributed by atoms with Crippen LogP contribution in [0.5, 0.6) is 40.2 Å². The molecule has 0 aromatic heterocycles. The minimum absolute atomic E-state index is 0.597. The number of benzene rings is 7. The van der Waals surface area contributed by atoms with Gasteiger partial charge < -0.3 is 29.4 Å². The molecule has 0 aliphatic rings. The van der Waals surface area contributed by atoms with E-state index in [1.165, 1.54) is 5.56 Å². The van der Waals surface area contributed by atoms with Crippen LogP contribution in [0.3, 0.4) is 0 Å². The van der Waals surface area contributed by atoms with E-state index in [0.29, 0.717) is 0 Å². The van der Waals surface area contributed by atoms with Gasteiger partial charge in [0.2, 0.25) is 116 Å². The molecule has 0 radical (unpaired) electrons. The monoisotopic (exact) mass is 1050 g/mol. The van der Waals surface area contributed by atoms with E-state index in [2.05, 4.69) is 43.8 Å². The van der Waals surface area contributed by atoms with Gasteiger partial charge in [0, 0.05) is 23.9 Å². The molecule has 0 spiro atoms. The highest BCUT2D eigenvalue weighted by atomic mass is 19.2. The Bertz CT molecular complexity index is 3190. The number of carboxylic acid groups (broad SMARTS) is 1. The Morgan fingerprint density at radius 1 is 0.417 bits per heavy atom. The topological polar surface area (TPSA) is 86.3 Å². The molecule has 0 bridgehead atoms. The van der Waals surface area contributed by atoms with E-state index in [9.17, 15) is 88.9 Å². The zero-order valence-corrected chi connectivity index (χ0v) is 34.5. The van der Waals surface area contributed by atoms with Crippen molar-refractivity contribution in [1.82, 2.24) is 0 Å². The lowest BCUT2D eigenvalue weighted by Crippen LogP contribution is -2.12. The third kappa shape index (κ3) is 9.72. The van der Waals surface area contributed by atoms with E-state index in [1.54, 1.807) is 7.11 Å². The number of ether oxygens (including phenoxy) is 4. The Morgan fingerprint density at radius 2 is 0.764 bits per heavy atom. The van der Waals surface area contributed by atoms with Gasteiger partial charge in [-0.1, -0.05) is 30.3 Å². The van der Waals surface area contributed by atoms with Crippen LogP contribution in [0.4, 0.5) is 93.5 Å². The van der Waals surface area contributed by atoms with Gasteiger partial charge in [0.25, 0.3) is 0 Å². The first-order valence-electron chi connectivity index (χ1n) is 18.8. The predicted octanol–water partition coefficient (Wildman–Crippen LogP) is 14.5. The number of methoxy groups -OCH3 is 1. The highest BCUT2D eigenvalue weighted by Crippen LogP contribution is 2.55. The second-order valence-electron chi connectivity index (χ2n) is 13.8. The summed E-state index contributed by atoms with van der Waals surface area (Å²) in [7, 11) is 1.68. The molecular weight excluding hydrogens is 1030 g/mol. The first-order chi connectivity index (χ1) is 33.8. The average molecular weight is 1050 g/mol. The van der Waals surface area contributed by atoms with Crippen LogP contribution < -0.4 is 24.3 Å². The second kappa shape index (κ2) is 20.9.